The third-order valence-corrected chi connectivity index (χ3v) is 2.81. The molecule has 2 rings (SSSR count). The summed E-state index contributed by atoms with van der Waals surface area (Å²) in [5.41, 5.74) is -0.245. The van der Waals surface area contributed by atoms with Crippen molar-refractivity contribution >= 4 is 0 Å². The van der Waals surface area contributed by atoms with E-state index in [2.05, 4.69) is 15.0 Å². The van der Waals surface area contributed by atoms with Gasteiger partial charge in [0.15, 0.2) is 0 Å². The van der Waals surface area contributed by atoms with Crippen LogP contribution in [0.5, 0.6) is 18.0 Å². The first-order chi connectivity index (χ1) is 10.6. The average molecular weight is 307 g/mol. The highest BCUT2D eigenvalue weighted by Crippen LogP contribution is 2.26. The molecule has 0 aromatic carbocycles. The second-order valence-corrected chi connectivity index (χ2v) is 4.97. The summed E-state index contributed by atoms with van der Waals surface area (Å²) < 4.78 is 21.7. The first-order valence-corrected chi connectivity index (χ1v) is 7.16. The largest absolute Gasteiger partial charge is 0.460 e. The SMILES string of the molecule is C/C=C/COc1nc(OC/C=C/C)nc(OCC2(C)CO2)n1. The zero-order chi connectivity index (χ0) is 15.8. The van der Waals surface area contributed by atoms with E-state index in [1.54, 1.807) is 0 Å². The van der Waals surface area contributed by atoms with Crippen molar-refractivity contribution in [1.82, 2.24) is 15.0 Å². The number of hydrogen-bond acceptors (Lipinski definition) is 7. The van der Waals surface area contributed by atoms with Gasteiger partial charge in [0.1, 0.15) is 25.4 Å². The summed E-state index contributed by atoms with van der Waals surface area (Å²) in [6.07, 6.45) is 7.47. The molecule has 0 N–H and O–H groups in total. The fourth-order valence-electron chi connectivity index (χ4n) is 1.38. The molecule has 2 heterocycles. The van der Waals surface area contributed by atoms with E-state index in [9.17, 15) is 0 Å². The monoisotopic (exact) mass is 307 g/mol. The number of nitrogens with zero attached hydrogens (tertiary/aromatic N) is 3. The molecule has 0 bridgehead atoms. The zero-order valence-electron chi connectivity index (χ0n) is 13.1. The highest BCUT2D eigenvalue weighted by Gasteiger charge is 2.40. The van der Waals surface area contributed by atoms with Crippen LogP contribution in [0.2, 0.25) is 0 Å². The smallest absolute Gasteiger partial charge is 0.326 e. The van der Waals surface area contributed by atoms with Gasteiger partial charge < -0.3 is 18.9 Å². The van der Waals surface area contributed by atoms with Gasteiger partial charge in [-0.05, 0) is 20.8 Å². The molecule has 1 aromatic rings. The molecule has 0 spiro atoms. The molecule has 22 heavy (non-hydrogen) atoms. The molecule has 0 aliphatic carbocycles. The van der Waals surface area contributed by atoms with Crippen molar-refractivity contribution in [3.63, 3.8) is 0 Å². The number of allylic oxidation sites excluding steroid dienone is 2. The highest BCUT2D eigenvalue weighted by atomic mass is 16.6. The van der Waals surface area contributed by atoms with Crippen LogP contribution in [0, 0.1) is 0 Å². The average Bonchev–Trinajstić information content (AvgIpc) is 3.24. The number of ether oxygens (including phenoxy) is 4. The molecule has 1 unspecified atom stereocenters. The highest BCUT2D eigenvalue weighted by molar-refractivity contribution is 5.10. The lowest BCUT2D eigenvalue weighted by Crippen LogP contribution is -2.18. The quantitative estimate of drug-likeness (QED) is 0.509. The fraction of sp³-hybridized carbons (Fsp3) is 0.533. The van der Waals surface area contributed by atoms with Crippen LogP contribution in [0.25, 0.3) is 0 Å². The maximum Gasteiger partial charge on any atom is 0.326 e. The Labute approximate surface area is 130 Å². The topological polar surface area (TPSA) is 78.9 Å². The summed E-state index contributed by atoms with van der Waals surface area (Å²) in [6.45, 7) is 7.57. The molecule has 1 aliphatic heterocycles. The second kappa shape index (κ2) is 7.74. The summed E-state index contributed by atoms with van der Waals surface area (Å²) in [4.78, 5) is 12.3. The molecular weight excluding hydrogens is 286 g/mol. The van der Waals surface area contributed by atoms with Crippen molar-refractivity contribution in [2.45, 2.75) is 26.4 Å². The van der Waals surface area contributed by atoms with Crippen LogP contribution in [0.15, 0.2) is 24.3 Å². The Morgan fingerprint density at radius 3 is 1.82 bits per heavy atom. The number of aromatic nitrogens is 3. The summed E-state index contributed by atoms with van der Waals surface area (Å²) in [6, 6.07) is 0.499. The standard InChI is InChI=1S/C15H21N3O4/c1-4-6-8-19-12-16-13(20-9-7-5-2)18-14(17-12)21-10-15(3)11-22-15/h4-7H,8-11H2,1-3H3/b6-4+,7-5+. The van der Waals surface area contributed by atoms with E-state index in [0.717, 1.165) is 0 Å². The van der Waals surface area contributed by atoms with Crippen LogP contribution in [0.3, 0.4) is 0 Å². The van der Waals surface area contributed by atoms with E-state index in [0.29, 0.717) is 26.4 Å². The van der Waals surface area contributed by atoms with Crippen LogP contribution >= 0.6 is 0 Å². The maximum absolute atomic E-state index is 5.54. The van der Waals surface area contributed by atoms with Gasteiger partial charge in [0.2, 0.25) is 0 Å². The molecule has 0 amide bonds. The Morgan fingerprint density at radius 2 is 1.41 bits per heavy atom. The molecule has 120 valence electrons. The van der Waals surface area contributed by atoms with E-state index in [-0.39, 0.29) is 23.6 Å². The van der Waals surface area contributed by atoms with Crippen molar-refractivity contribution in [3.8, 4) is 18.0 Å². The summed E-state index contributed by atoms with van der Waals surface area (Å²) >= 11 is 0. The minimum Gasteiger partial charge on any atom is -0.460 e. The van der Waals surface area contributed by atoms with Crippen LogP contribution in [0.4, 0.5) is 0 Å². The summed E-state index contributed by atoms with van der Waals surface area (Å²) in [5.74, 6) is 0. The molecular formula is C15H21N3O4. The Hall–Kier alpha value is -2.15. The van der Waals surface area contributed by atoms with Gasteiger partial charge in [0, 0.05) is 0 Å². The second-order valence-electron chi connectivity index (χ2n) is 4.97. The first kappa shape index (κ1) is 16.2. The van der Waals surface area contributed by atoms with Crippen molar-refractivity contribution in [2.24, 2.45) is 0 Å². The van der Waals surface area contributed by atoms with Crippen molar-refractivity contribution < 1.29 is 18.9 Å². The van der Waals surface area contributed by atoms with Gasteiger partial charge in [0.25, 0.3) is 0 Å². The van der Waals surface area contributed by atoms with Crippen LogP contribution < -0.4 is 14.2 Å². The van der Waals surface area contributed by atoms with Crippen LogP contribution in [0.1, 0.15) is 20.8 Å². The van der Waals surface area contributed by atoms with Gasteiger partial charge in [-0.15, -0.1) is 15.0 Å². The minimum absolute atomic E-state index is 0.165. The molecule has 1 atom stereocenters. The lowest BCUT2D eigenvalue weighted by atomic mass is 10.2. The summed E-state index contributed by atoms with van der Waals surface area (Å²) in [5, 5.41) is 0. The molecule has 1 saturated heterocycles. The van der Waals surface area contributed by atoms with E-state index in [1.165, 1.54) is 0 Å². The van der Waals surface area contributed by atoms with Gasteiger partial charge in [-0.2, -0.15) is 0 Å². The summed E-state index contributed by atoms with van der Waals surface area (Å²) in [7, 11) is 0. The lowest BCUT2D eigenvalue weighted by Gasteiger charge is -2.09. The Morgan fingerprint density at radius 1 is 0.955 bits per heavy atom. The van der Waals surface area contributed by atoms with Crippen LogP contribution in [-0.2, 0) is 4.74 Å². The van der Waals surface area contributed by atoms with Crippen molar-refractivity contribution in [3.05, 3.63) is 24.3 Å². The van der Waals surface area contributed by atoms with E-state index in [4.69, 9.17) is 18.9 Å². The predicted molar refractivity (Wildman–Crippen MR) is 80.3 cm³/mol. The molecule has 0 saturated carbocycles. The Bertz CT molecular complexity index is 507. The van der Waals surface area contributed by atoms with E-state index < -0.39 is 0 Å². The third kappa shape index (κ3) is 5.33. The van der Waals surface area contributed by atoms with Gasteiger partial charge in [0.05, 0.1) is 6.61 Å². The molecule has 0 radical (unpaired) electrons. The fourth-order valence-corrected chi connectivity index (χ4v) is 1.38. The van der Waals surface area contributed by atoms with Gasteiger partial charge in [-0.1, -0.05) is 24.3 Å². The predicted octanol–water partition coefficient (Wildman–Crippen LogP) is 1.95. The Kier molecular flexibility index (Phi) is 5.71. The van der Waals surface area contributed by atoms with Crippen LogP contribution in [-0.4, -0.2) is 47.0 Å². The maximum atomic E-state index is 5.54. The van der Waals surface area contributed by atoms with Gasteiger partial charge in [-0.3, -0.25) is 0 Å². The number of rotatable bonds is 9. The lowest BCUT2D eigenvalue weighted by molar-refractivity contribution is 0.184. The minimum atomic E-state index is -0.245. The van der Waals surface area contributed by atoms with E-state index >= 15 is 0 Å². The molecule has 1 aromatic heterocycles. The molecule has 7 heteroatoms. The van der Waals surface area contributed by atoms with Gasteiger partial charge >= 0.3 is 18.0 Å². The zero-order valence-corrected chi connectivity index (χ0v) is 13.1. The number of epoxide rings is 1. The molecule has 7 nitrogen and oxygen atoms in total. The first-order valence-electron chi connectivity index (χ1n) is 7.16. The number of hydrogen-bond donors (Lipinski definition) is 0. The molecule has 1 fully saturated rings. The Balaban J connectivity index is 2.03. The van der Waals surface area contributed by atoms with Crippen molar-refractivity contribution in [1.29, 1.82) is 0 Å². The normalized spacial score (nSPS) is 20.5. The van der Waals surface area contributed by atoms with Gasteiger partial charge in [-0.25, -0.2) is 0 Å². The van der Waals surface area contributed by atoms with Crippen molar-refractivity contribution in [2.75, 3.05) is 26.4 Å². The van der Waals surface area contributed by atoms with E-state index in [1.807, 2.05) is 45.1 Å². The third-order valence-electron chi connectivity index (χ3n) is 2.81. The molecule has 1 aliphatic rings.